The van der Waals surface area contributed by atoms with Crippen molar-refractivity contribution >= 4 is 29.3 Å². The van der Waals surface area contributed by atoms with E-state index in [1.54, 1.807) is 4.90 Å². The first kappa shape index (κ1) is 38.9. The molecule has 1 heterocycles. The number of carbonyl (C=O) groups excluding carboxylic acids is 2. The molecule has 2 aliphatic rings. The number of alkyl halides is 2. The van der Waals surface area contributed by atoms with E-state index in [1.165, 1.54) is 88.8 Å². The number of hydrogen-bond donors (Lipinski definition) is 2. The molecule has 2 amide bonds. The summed E-state index contributed by atoms with van der Waals surface area (Å²) in [5, 5.41) is 5.16. The van der Waals surface area contributed by atoms with Crippen LogP contribution in [0.4, 0.5) is 28.0 Å². The Morgan fingerprint density at radius 2 is 1.51 bits per heavy atom. The van der Waals surface area contributed by atoms with Crippen molar-refractivity contribution in [1.82, 2.24) is 10.2 Å². The topological polar surface area (TPSA) is 70.7 Å². The van der Waals surface area contributed by atoms with Gasteiger partial charge in [-0.2, -0.15) is 0 Å². The lowest BCUT2D eigenvalue weighted by atomic mass is 10.0. The molecule has 1 aliphatic carbocycles. The van der Waals surface area contributed by atoms with E-state index in [4.69, 9.17) is 16.3 Å². The Balaban J connectivity index is 1.17. The van der Waals surface area contributed by atoms with Crippen LogP contribution in [0.25, 0.3) is 0 Å². The van der Waals surface area contributed by atoms with Crippen molar-refractivity contribution in [2.45, 2.75) is 134 Å². The van der Waals surface area contributed by atoms with Crippen LogP contribution in [0.2, 0.25) is 5.02 Å². The van der Waals surface area contributed by atoms with Crippen molar-refractivity contribution in [3.05, 3.63) is 63.7 Å². The lowest BCUT2D eigenvalue weighted by molar-refractivity contribution is 0.0115. The second-order valence-corrected chi connectivity index (χ2v) is 14.1. The van der Waals surface area contributed by atoms with Crippen LogP contribution in [-0.4, -0.2) is 48.6 Å². The standard InChI is InChI=1S/C38H52ClF4N3O3/c1-2-3-4-5-6-7-8-9-10-11-12-13-14-15-22-46-26-38(42,43)24-28(46)25-49-37(48)45-34-21-18-29-30(17-20-33(41)35(29)34)36(47)44-27-16-19-32(40)31(39)23-27/h16-17,19-20,23,28,34H,2-15,18,21-22,24-26H2,1H3,(H,44,47)(H,45,48)/t28?,34-/m0/s1. The van der Waals surface area contributed by atoms with Gasteiger partial charge in [-0.3, -0.25) is 9.69 Å². The van der Waals surface area contributed by atoms with Crippen molar-refractivity contribution in [2.24, 2.45) is 0 Å². The second-order valence-electron chi connectivity index (χ2n) is 13.7. The lowest BCUT2D eigenvalue weighted by Gasteiger charge is -2.24. The molecule has 0 spiro atoms. The monoisotopic (exact) mass is 709 g/mol. The lowest BCUT2D eigenvalue weighted by Crippen LogP contribution is -2.37. The largest absolute Gasteiger partial charge is 0.448 e. The van der Waals surface area contributed by atoms with Gasteiger partial charge in [-0.15, -0.1) is 0 Å². The molecule has 4 rings (SSSR count). The number of halogens is 5. The number of amides is 2. The van der Waals surface area contributed by atoms with Crippen LogP contribution in [0.5, 0.6) is 0 Å². The molecule has 0 aromatic heterocycles. The van der Waals surface area contributed by atoms with Gasteiger partial charge in [0.1, 0.15) is 18.2 Å². The zero-order valence-corrected chi connectivity index (χ0v) is 29.5. The van der Waals surface area contributed by atoms with E-state index in [0.717, 1.165) is 31.4 Å². The first-order valence-corrected chi connectivity index (χ1v) is 18.6. The molecule has 0 saturated carbocycles. The van der Waals surface area contributed by atoms with Gasteiger partial charge in [-0.1, -0.05) is 102 Å². The Labute approximate surface area is 293 Å². The van der Waals surface area contributed by atoms with Crippen LogP contribution in [0.1, 0.15) is 137 Å². The summed E-state index contributed by atoms with van der Waals surface area (Å²) in [6, 6.07) is 4.96. The molecule has 1 fully saturated rings. The first-order chi connectivity index (χ1) is 23.6. The zero-order chi connectivity index (χ0) is 35.2. The molecule has 1 aliphatic heterocycles. The molecular formula is C38H52ClF4N3O3. The highest BCUT2D eigenvalue weighted by atomic mass is 35.5. The van der Waals surface area contributed by atoms with Gasteiger partial charge in [0.2, 0.25) is 0 Å². The third kappa shape index (κ3) is 12.2. The molecule has 2 atom stereocenters. The number of nitrogens with one attached hydrogen (secondary N) is 2. The summed E-state index contributed by atoms with van der Waals surface area (Å²) in [4.78, 5) is 27.5. The number of likely N-dealkylation sites (tertiary alicyclic amines) is 1. The normalized spacial score (nSPS) is 18.4. The summed E-state index contributed by atoms with van der Waals surface area (Å²) in [7, 11) is 0. The summed E-state index contributed by atoms with van der Waals surface area (Å²) in [6.45, 7) is 2.23. The maximum Gasteiger partial charge on any atom is 0.407 e. The van der Waals surface area contributed by atoms with E-state index in [0.29, 0.717) is 24.9 Å². The predicted octanol–water partition coefficient (Wildman–Crippen LogP) is 10.8. The van der Waals surface area contributed by atoms with Gasteiger partial charge in [0.25, 0.3) is 11.8 Å². The summed E-state index contributed by atoms with van der Waals surface area (Å²) in [6.07, 6.45) is 16.6. The van der Waals surface area contributed by atoms with Crippen molar-refractivity contribution in [2.75, 3.05) is 25.0 Å². The van der Waals surface area contributed by atoms with E-state index in [-0.39, 0.29) is 41.4 Å². The highest BCUT2D eigenvalue weighted by molar-refractivity contribution is 6.31. The smallest absolute Gasteiger partial charge is 0.407 e. The van der Waals surface area contributed by atoms with Crippen LogP contribution in [0.15, 0.2) is 30.3 Å². The van der Waals surface area contributed by atoms with Gasteiger partial charge < -0.3 is 15.4 Å². The SMILES string of the molecule is CCCCCCCCCCCCCCCCN1CC(F)(F)CC1COC(=O)N[C@H]1CCc2c(C(=O)Nc3ccc(F)c(Cl)c3)ccc(F)c21. The van der Waals surface area contributed by atoms with Crippen molar-refractivity contribution in [3.8, 4) is 0 Å². The molecule has 272 valence electrons. The van der Waals surface area contributed by atoms with Crippen molar-refractivity contribution < 1.29 is 31.9 Å². The minimum absolute atomic E-state index is 0.149. The number of benzene rings is 2. The van der Waals surface area contributed by atoms with Crippen LogP contribution in [-0.2, 0) is 11.2 Å². The summed E-state index contributed by atoms with van der Waals surface area (Å²) in [5.74, 6) is -4.57. The van der Waals surface area contributed by atoms with Gasteiger partial charge >= 0.3 is 6.09 Å². The quantitative estimate of drug-likeness (QED) is 0.106. The molecule has 6 nitrogen and oxygen atoms in total. The van der Waals surface area contributed by atoms with E-state index < -0.39 is 41.6 Å². The number of alkyl carbamates (subject to hydrolysis) is 1. The van der Waals surface area contributed by atoms with Gasteiger partial charge in [-0.05, 0) is 61.7 Å². The number of rotatable bonds is 20. The molecule has 2 aromatic carbocycles. The number of unbranched alkanes of at least 4 members (excludes halogenated alkanes) is 13. The Kier molecular flexibility index (Phi) is 15.5. The summed E-state index contributed by atoms with van der Waals surface area (Å²) in [5.41, 5.74) is 1.14. The fourth-order valence-electron chi connectivity index (χ4n) is 7.10. The highest BCUT2D eigenvalue weighted by Gasteiger charge is 2.45. The molecular weight excluding hydrogens is 658 g/mol. The minimum Gasteiger partial charge on any atom is -0.448 e. The Morgan fingerprint density at radius 3 is 2.14 bits per heavy atom. The van der Waals surface area contributed by atoms with Crippen molar-refractivity contribution in [3.63, 3.8) is 0 Å². The number of fused-ring (bicyclic) bond motifs is 1. The average Bonchev–Trinajstić information content (AvgIpc) is 3.61. The average molecular weight is 710 g/mol. The fourth-order valence-corrected chi connectivity index (χ4v) is 7.28. The maximum atomic E-state index is 15.0. The predicted molar refractivity (Wildman–Crippen MR) is 187 cm³/mol. The molecule has 0 bridgehead atoms. The van der Waals surface area contributed by atoms with E-state index in [9.17, 15) is 27.2 Å². The van der Waals surface area contributed by atoms with Crippen LogP contribution < -0.4 is 10.6 Å². The van der Waals surface area contributed by atoms with E-state index in [1.807, 2.05) is 0 Å². The van der Waals surface area contributed by atoms with Gasteiger partial charge in [0, 0.05) is 29.3 Å². The molecule has 2 N–H and O–H groups in total. The number of ether oxygens (including phenoxy) is 1. The Hall–Kier alpha value is -2.85. The molecule has 49 heavy (non-hydrogen) atoms. The van der Waals surface area contributed by atoms with Crippen LogP contribution in [0, 0.1) is 11.6 Å². The van der Waals surface area contributed by atoms with E-state index >= 15 is 0 Å². The first-order valence-electron chi connectivity index (χ1n) is 18.2. The second kappa shape index (κ2) is 19.5. The van der Waals surface area contributed by atoms with Gasteiger partial charge in [-0.25, -0.2) is 22.4 Å². The van der Waals surface area contributed by atoms with E-state index in [2.05, 4.69) is 17.6 Å². The highest BCUT2D eigenvalue weighted by Crippen LogP contribution is 2.37. The zero-order valence-electron chi connectivity index (χ0n) is 28.7. The number of hydrogen-bond acceptors (Lipinski definition) is 4. The maximum absolute atomic E-state index is 15.0. The summed E-state index contributed by atoms with van der Waals surface area (Å²) >= 11 is 5.82. The molecule has 1 saturated heterocycles. The van der Waals surface area contributed by atoms with Crippen LogP contribution in [0.3, 0.4) is 0 Å². The fraction of sp³-hybridized carbons (Fsp3) is 0.632. The summed E-state index contributed by atoms with van der Waals surface area (Å²) < 4.78 is 62.6. The molecule has 0 radical (unpaired) electrons. The number of nitrogens with zero attached hydrogens (tertiary/aromatic N) is 1. The van der Waals surface area contributed by atoms with Gasteiger partial charge in [0.15, 0.2) is 0 Å². The third-order valence-corrected chi connectivity index (χ3v) is 10.0. The van der Waals surface area contributed by atoms with Gasteiger partial charge in [0.05, 0.1) is 17.6 Å². The minimum atomic E-state index is -2.84. The molecule has 11 heteroatoms. The van der Waals surface area contributed by atoms with Crippen molar-refractivity contribution in [1.29, 1.82) is 0 Å². The molecule has 1 unspecified atom stereocenters. The Morgan fingerprint density at radius 1 is 0.898 bits per heavy atom. The Bertz CT molecular complexity index is 1380. The van der Waals surface area contributed by atoms with Crippen LogP contribution >= 0.6 is 11.6 Å². The molecule has 2 aromatic rings. The third-order valence-electron chi connectivity index (χ3n) is 9.74. The number of carbonyl (C=O) groups is 2. The number of anilines is 1.